The molecule has 1 atom stereocenters. The van der Waals surface area contributed by atoms with Crippen molar-refractivity contribution in [3.05, 3.63) is 0 Å². The lowest BCUT2D eigenvalue weighted by Gasteiger charge is -2.30. The van der Waals surface area contributed by atoms with Crippen molar-refractivity contribution in [2.24, 2.45) is 11.3 Å². The van der Waals surface area contributed by atoms with Gasteiger partial charge in [0.05, 0.1) is 6.26 Å². The van der Waals surface area contributed by atoms with Crippen LogP contribution in [-0.2, 0) is 14.8 Å². The number of sulfonamides is 1. The van der Waals surface area contributed by atoms with Gasteiger partial charge in [-0.2, -0.15) is 0 Å². The predicted octanol–water partition coefficient (Wildman–Crippen LogP) is 1.45. The van der Waals surface area contributed by atoms with Crippen molar-refractivity contribution in [1.82, 2.24) is 4.72 Å². The summed E-state index contributed by atoms with van der Waals surface area (Å²) < 4.78 is 24.3. The van der Waals surface area contributed by atoms with Crippen molar-refractivity contribution in [3.63, 3.8) is 0 Å². The third kappa shape index (κ3) is 9.12. The van der Waals surface area contributed by atoms with E-state index in [2.05, 4.69) is 4.72 Å². The number of carboxylic acids is 1. The largest absolute Gasteiger partial charge is 0.481 e. The van der Waals surface area contributed by atoms with E-state index in [4.69, 9.17) is 5.11 Å². The minimum Gasteiger partial charge on any atom is -0.481 e. The van der Waals surface area contributed by atoms with Crippen molar-refractivity contribution in [2.45, 2.75) is 40.0 Å². The van der Waals surface area contributed by atoms with E-state index in [1.807, 2.05) is 20.8 Å². The first-order chi connectivity index (χ1) is 7.52. The Morgan fingerprint density at radius 1 is 1.29 bits per heavy atom. The molecule has 0 heterocycles. The van der Waals surface area contributed by atoms with Gasteiger partial charge in [0.1, 0.15) is 0 Å². The van der Waals surface area contributed by atoms with Gasteiger partial charge in [-0.1, -0.05) is 20.8 Å². The number of hydrogen-bond donors (Lipinski definition) is 2. The summed E-state index contributed by atoms with van der Waals surface area (Å²) in [5.41, 5.74) is -0.0192. The van der Waals surface area contributed by atoms with Gasteiger partial charge >= 0.3 is 5.97 Å². The first kappa shape index (κ1) is 16.4. The number of carboxylic acid groups (broad SMARTS) is 1. The molecule has 0 spiro atoms. The van der Waals surface area contributed by atoms with E-state index in [1.165, 1.54) is 0 Å². The summed E-state index contributed by atoms with van der Waals surface area (Å²) in [6, 6.07) is 0. The van der Waals surface area contributed by atoms with Crippen LogP contribution in [0.4, 0.5) is 0 Å². The fourth-order valence-electron chi connectivity index (χ4n) is 1.73. The molecule has 0 saturated carbocycles. The second-order valence-electron chi connectivity index (χ2n) is 5.45. The van der Waals surface area contributed by atoms with Crippen LogP contribution in [0.1, 0.15) is 40.0 Å². The maximum atomic E-state index is 10.9. The van der Waals surface area contributed by atoms with Crippen LogP contribution >= 0.6 is 0 Å². The topological polar surface area (TPSA) is 83.5 Å². The lowest BCUT2D eigenvalue weighted by atomic mass is 9.76. The van der Waals surface area contributed by atoms with Crippen molar-refractivity contribution < 1.29 is 18.3 Å². The second kappa shape index (κ2) is 6.35. The molecule has 0 aliphatic carbocycles. The Balaban J connectivity index is 4.26. The Morgan fingerprint density at radius 3 is 2.18 bits per heavy atom. The standard InChI is InChI=1S/C11H23NO4S/c1-11(2,3)9(5-6-10(13)14)7-8-12-17(4,15)16/h9,12H,5-8H2,1-4H3,(H,13,14). The molecular weight excluding hydrogens is 242 g/mol. The number of rotatable bonds is 7. The average Bonchev–Trinajstić information content (AvgIpc) is 2.06. The van der Waals surface area contributed by atoms with E-state index < -0.39 is 16.0 Å². The Labute approximate surface area is 104 Å². The van der Waals surface area contributed by atoms with Gasteiger partial charge in [0.25, 0.3) is 0 Å². The van der Waals surface area contributed by atoms with Crippen molar-refractivity contribution in [2.75, 3.05) is 12.8 Å². The maximum absolute atomic E-state index is 10.9. The summed E-state index contributed by atoms with van der Waals surface area (Å²) in [5.74, 6) is -0.622. The van der Waals surface area contributed by atoms with Gasteiger partial charge in [-0.05, 0) is 24.2 Å². The van der Waals surface area contributed by atoms with Gasteiger partial charge in [-0.3, -0.25) is 4.79 Å². The summed E-state index contributed by atoms with van der Waals surface area (Å²) in [6.45, 7) is 6.49. The van der Waals surface area contributed by atoms with Gasteiger partial charge in [-0.15, -0.1) is 0 Å². The van der Waals surface area contributed by atoms with Gasteiger partial charge in [0, 0.05) is 13.0 Å². The predicted molar refractivity (Wildman–Crippen MR) is 67.3 cm³/mol. The molecule has 0 aromatic heterocycles. The molecule has 2 N–H and O–H groups in total. The molecule has 17 heavy (non-hydrogen) atoms. The van der Waals surface area contributed by atoms with Gasteiger partial charge in [0.15, 0.2) is 0 Å². The molecule has 0 aromatic rings. The molecule has 0 saturated heterocycles. The molecule has 0 radical (unpaired) electrons. The van der Waals surface area contributed by atoms with E-state index in [1.54, 1.807) is 0 Å². The molecule has 102 valence electrons. The Bertz CT molecular complexity index is 343. The van der Waals surface area contributed by atoms with Crippen LogP contribution in [-0.4, -0.2) is 32.3 Å². The minimum absolute atomic E-state index is 0.0192. The monoisotopic (exact) mass is 265 g/mol. The summed E-state index contributed by atoms with van der Waals surface area (Å²) in [4.78, 5) is 10.6. The third-order valence-corrected chi connectivity index (χ3v) is 3.52. The quantitative estimate of drug-likeness (QED) is 0.730. The number of nitrogens with one attached hydrogen (secondary N) is 1. The zero-order chi connectivity index (χ0) is 13.7. The van der Waals surface area contributed by atoms with Gasteiger partial charge < -0.3 is 5.11 Å². The van der Waals surface area contributed by atoms with E-state index in [9.17, 15) is 13.2 Å². The Kier molecular flexibility index (Phi) is 6.12. The number of hydrogen-bond acceptors (Lipinski definition) is 3. The molecular formula is C11H23NO4S. The van der Waals surface area contributed by atoms with Crippen LogP contribution in [0.5, 0.6) is 0 Å². The van der Waals surface area contributed by atoms with Crippen LogP contribution in [0.25, 0.3) is 0 Å². The smallest absolute Gasteiger partial charge is 0.303 e. The fraction of sp³-hybridized carbons (Fsp3) is 0.909. The lowest BCUT2D eigenvalue weighted by molar-refractivity contribution is -0.137. The van der Waals surface area contributed by atoms with E-state index in [0.29, 0.717) is 19.4 Å². The Morgan fingerprint density at radius 2 is 1.82 bits per heavy atom. The molecule has 5 nitrogen and oxygen atoms in total. The van der Waals surface area contributed by atoms with Crippen LogP contribution < -0.4 is 4.72 Å². The van der Waals surface area contributed by atoms with Gasteiger partial charge in [0.2, 0.25) is 10.0 Å². The summed E-state index contributed by atoms with van der Waals surface area (Å²) in [5, 5.41) is 8.67. The van der Waals surface area contributed by atoms with Crippen LogP contribution in [0.2, 0.25) is 0 Å². The summed E-state index contributed by atoms with van der Waals surface area (Å²) in [6.07, 6.45) is 2.48. The summed E-state index contributed by atoms with van der Waals surface area (Å²) >= 11 is 0. The van der Waals surface area contributed by atoms with Crippen molar-refractivity contribution in [1.29, 1.82) is 0 Å². The highest BCUT2D eigenvalue weighted by Gasteiger charge is 2.24. The average molecular weight is 265 g/mol. The first-order valence-electron chi connectivity index (χ1n) is 5.69. The molecule has 0 amide bonds. The lowest BCUT2D eigenvalue weighted by Crippen LogP contribution is -2.29. The fourth-order valence-corrected chi connectivity index (χ4v) is 2.22. The van der Waals surface area contributed by atoms with Crippen molar-refractivity contribution in [3.8, 4) is 0 Å². The molecule has 6 heteroatoms. The second-order valence-corrected chi connectivity index (χ2v) is 7.28. The molecule has 0 fully saturated rings. The van der Waals surface area contributed by atoms with Crippen LogP contribution in [0.3, 0.4) is 0 Å². The molecule has 1 unspecified atom stereocenters. The zero-order valence-corrected chi connectivity index (χ0v) is 11.8. The highest BCUT2D eigenvalue weighted by molar-refractivity contribution is 7.88. The molecule has 0 aliphatic rings. The normalized spacial score (nSPS) is 14.6. The maximum Gasteiger partial charge on any atom is 0.303 e. The summed E-state index contributed by atoms with van der Waals surface area (Å²) in [7, 11) is -3.16. The van der Waals surface area contributed by atoms with Crippen LogP contribution in [0.15, 0.2) is 0 Å². The highest BCUT2D eigenvalue weighted by Crippen LogP contribution is 2.32. The SMILES string of the molecule is CC(C)(C)C(CCNS(C)(=O)=O)CCC(=O)O. The number of carbonyl (C=O) groups is 1. The Hall–Kier alpha value is -0.620. The third-order valence-electron chi connectivity index (χ3n) is 2.79. The highest BCUT2D eigenvalue weighted by atomic mass is 32.2. The van der Waals surface area contributed by atoms with E-state index >= 15 is 0 Å². The zero-order valence-electron chi connectivity index (χ0n) is 11.0. The molecule has 0 bridgehead atoms. The first-order valence-corrected chi connectivity index (χ1v) is 7.58. The number of aliphatic carboxylic acids is 1. The van der Waals surface area contributed by atoms with Crippen molar-refractivity contribution >= 4 is 16.0 Å². The minimum atomic E-state index is -3.16. The van der Waals surface area contributed by atoms with E-state index in [-0.39, 0.29) is 17.8 Å². The molecule has 0 aromatic carbocycles. The van der Waals surface area contributed by atoms with E-state index in [0.717, 1.165) is 6.26 Å². The molecule has 0 rings (SSSR count). The molecule has 0 aliphatic heterocycles. The van der Waals surface area contributed by atoms with Gasteiger partial charge in [-0.25, -0.2) is 13.1 Å². The van der Waals surface area contributed by atoms with Crippen LogP contribution in [0, 0.1) is 11.3 Å².